The molecule has 0 aliphatic rings. The van der Waals surface area contributed by atoms with E-state index >= 15 is 0 Å². The summed E-state index contributed by atoms with van der Waals surface area (Å²) in [6, 6.07) is 8.12. The Morgan fingerprint density at radius 2 is 1.23 bits per heavy atom. The normalized spacial score (nSPS) is 11.0. The minimum absolute atomic E-state index is 0.278. The molecule has 0 saturated heterocycles. The molecule has 8 heteroatoms. The molecule has 0 radical (unpaired) electrons. The Hall–Kier alpha value is -0.710. The predicted molar refractivity (Wildman–Crippen MR) is 111 cm³/mol. The number of nitrogens with zero attached hydrogens (tertiary/aromatic N) is 1. The minimum atomic E-state index is -0.278. The first-order valence-corrected chi connectivity index (χ1v) is 9.49. The Bertz CT molecular complexity index is 1010. The van der Waals surface area contributed by atoms with Gasteiger partial charge in [0, 0.05) is 22.9 Å². The van der Waals surface area contributed by atoms with E-state index in [1.807, 2.05) is 0 Å². The molecule has 3 aromatic rings. The topological polar surface area (TPSA) is 33.1 Å². The summed E-state index contributed by atoms with van der Waals surface area (Å²) < 4.78 is 0. The Balaban J connectivity index is 2.23. The molecule has 0 aliphatic heterocycles. The lowest BCUT2D eigenvalue weighted by molar-refractivity contribution is 0.282. The first-order chi connectivity index (χ1) is 12.3. The fourth-order valence-electron chi connectivity index (χ4n) is 2.53. The monoisotopic (exact) mass is 465 g/mol. The maximum Gasteiger partial charge on any atom is 0.0736 e. The molecule has 0 amide bonds. The van der Waals surface area contributed by atoms with Crippen LogP contribution in [0.1, 0.15) is 5.56 Å². The number of pyridine rings is 1. The molecule has 2 nitrogen and oxygen atoms in total. The average molecular weight is 468 g/mol. The van der Waals surface area contributed by atoms with Crippen molar-refractivity contribution in [2.24, 2.45) is 0 Å². The number of aliphatic hydroxyl groups is 1. The van der Waals surface area contributed by atoms with E-state index in [1.54, 1.807) is 30.3 Å². The van der Waals surface area contributed by atoms with Crippen LogP contribution in [0, 0.1) is 0 Å². The lowest BCUT2D eigenvalue weighted by atomic mass is 9.99. The highest BCUT2D eigenvalue weighted by Crippen LogP contribution is 2.43. The Labute approximate surface area is 180 Å². The molecular formula is C18H9Cl6NO. The molecule has 0 aliphatic carbocycles. The van der Waals surface area contributed by atoms with Gasteiger partial charge in [-0.2, -0.15) is 0 Å². The molecule has 134 valence electrons. The molecule has 0 bridgehead atoms. The number of benzene rings is 2. The van der Waals surface area contributed by atoms with Gasteiger partial charge in [-0.15, -0.1) is 0 Å². The molecule has 0 fully saturated rings. The zero-order valence-corrected chi connectivity index (χ0v) is 17.4. The number of hydrogen-bond donors (Lipinski definition) is 1. The maximum absolute atomic E-state index is 9.86. The quantitative estimate of drug-likeness (QED) is 0.398. The molecule has 0 unspecified atom stereocenters. The van der Waals surface area contributed by atoms with Crippen LogP contribution in [-0.2, 0) is 6.61 Å². The van der Waals surface area contributed by atoms with E-state index in [1.165, 1.54) is 6.20 Å². The van der Waals surface area contributed by atoms with Gasteiger partial charge in [0.2, 0.25) is 0 Å². The van der Waals surface area contributed by atoms with Crippen LogP contribution in [0.2, 0.25) is 30.1 Å². The van der Waals surface area contributed by atoms with Crippen molar-refractivity contribution in [2.75, 3.05) is 0 Å². The van der Waals surface area contributed by atoms with Crippen LogP contribution in [-0.4, -0.2) is 10.1 Å². The lowest BCUT2D eigenvalue weighted by Gasteiger charge is -2.15. The van der Waals surface area contributed by atoms with Crippen molar-refractivity contribution in [3.63, 3.8) is 0 Å². The summed E-state index contributed by atoms with van der Waals surface area (Å²) >= 11 is 37.3. The van der Waals surface area contributed by atoms with E-state index in [0.717, 1.165) is 0 Å². The largest absolute Gasteiger partial charge is 0.392 e. The van der Waals surface area contributed by atoms with Gasteiger partial charge in [0.05, 0.1) is 42.4 Å². The van der Waals surface area contributed by atoms with E-state index < -0.39 is 0 Å². The summed E-state index contributed by atoms with van der Waals surface area (Å²) in [4.78, 5) is 4.41. The van der Waals surface area contributed by atoms with Gasteiger partial charge in [0.1, 0.15) is 0 Å². The summed E-state index contributed by atoms with van der Waals surface area (Å²) in [5.41, 5.74) is 2.53. The molecule has 1 aromatic heterocycles. The second kappa shape index (κ2) is 8.12. The zero-order valence-electron chi connectivity index (χ0n) is 12.8. The Kier molecular flexibility index (Phi) is 6.25. The third-order valence-electron chi connectivity index (χ3n) is 3.77. The molecule has 26 heavy (non-hydrogen) atoms. The average Bonchev–Trinajstić information content (AvgIpc) is 2.63. The summed E-state index contributed by atoms with van der Waals surface area (Å²) in [5, 5.41) is 11.9. The molecule has 1 heterocycles. The van der Waals surface area contributed by atoms with E-state index in [9.17, 15) is 5.11 Å². The van der Waals surface area contributed by atoms with Crippen molar-refractivity contribution in [3.8, 4) is 22.4 Å². The summed E-state index contributed by atoms with van der Waals surface area (Å²) in [6.45, 7) is -0.278. The Morgan fingerprint density at radius 1 is 0.731 bits per heavy atom. The number of halogens is 6. The van der Waals surface area contributed by atoms with Crippen molar-refractivity contribution in [1.82, 2.24) is 4.98 Å². The maximum atomic E-state index is 9.86. The standard InChI is InChI=1S/C18H9Cl6NO/c19-10-1-3-12(21)17(23)15(10)9-6-25-14(5-8(9)7-26)16-11(20)2-4-13(22)18(16)24/h1-6,26H,7H2. The van der Waals surface area contributed by atoms with Crippen molar-refractivity contribution in [3.05, 3.63) is 72.2 Å². The van der Waals surface area contributed by atoms with Gasteiger partial charge in [-0.3, -0.25) is 4.98 Å². The first kappa shape index (κ1) is 20.0. The number of aromatic nitrogens is 1. The predicted octanol–water partition coefficient (Wildman–Crippen LogP) is 7.83. The van der Waals surface area contributed by atoms with Crippen LogP contribution in [0.3, 0.4) is 0 Å². The summed E-state index contributed by atoms with van der Waals surface area (Å²) in [6.07, 6.45) is 1.54. The molecule has 0 atom stereocenters. The fraction of sp³-hybridized carbons (Fsp3) is 0.0556. The molecular weight excluding hydrogens is 459 g/mol. The van der Waals surface area contributed by atoms with Gasteiger partial charge in [-0.1, -0.05) is 69.6 Å². The van der Waals surface area contributed by atoms with Crippen molar-refractivity contribution in [2.45, 2.75) is 6.61 Å². The fourth-order valence-corrected chi connectivity index (χ4v) is 3.98. The zero-order chi connectivity index (χ0) is 19.0. The van der Waals surface area contributed by atoms with Gasteiger partial charge in [-0.05, 0) is 35.9 Å². The molecule has 0 saturated carbocycles. The van der Waals surface area contributed by atoms with Gasteiger partial charge in [0.15, 0.2) is 0 Å². The van der Waals surface area contributed by atoms with Crippen molar-refractivity contribution >= 4 is 69.6 Å². The second-order valence-electron chi connectivity index (χ2n) is 5.32. The van der Waals surface area contributed by atoms with Gasteiger partial charge >= 0.3 is 0 Å². The lowest BCUT2D eigenvalue weighted by Crippen LogP contribution is -1.96. The van der Waals surface area contributed by atoms with Gasteiger partial charge in [-0.25, -0.2) is 0 Å². The molecule has 1 N–H and O–H groups in total. The third kappa shape index (κ3) is 3.65. The van der Waals surface area contributed by atoms with Crippen LogP contribution in [0.5, 0.6) is 0 Å². The first-order valence-electron chi connectivity index (χ1n) is 7.22. The molecule has 0 spiro atoms. The van der Waals surface area contributed by atoms with E-state index in [-0.39, 0.29) is 16.7 Å². The summed E-state index contributed by atoms with van der Waals surface area (Å²) in [7, 11) is 0. The number of hydrogen-bond acceptors (Lipinski definition) is 2. The van der Waals surface area contributed by atoms with Crippen LogP contribution in [0.15, 0.2) is 36.5 Å². The summed E-state index contributed by atoms with van der Waals surface area (Å²) in [5.74, 6) is 0. The van der Waals surface area contributed by atoms with E-state index in [2.05, 4.69) is 4.98 Å². The third-order valence-corrected chi connectivity index (χ3v) is 6.01. The number of aliphatic hydroxyl groups excluding tert-OH is 1. The second-order valence-corrected chi connectivity index (χ2v) is 7.71. The highest BCUT2D eigenvalue weighted by Gasteiger charge is 2.19. The van der Waals surface area contributed by atoms with Crippen molar-refractivity contribution in [1.29, 1.82) is 0 Å². The van der Waals surface area contributed by atoms with Crippen molar-refractivity contribution < 1.29 is 5.11 Å². The van der Waals surface area contributed by atoms with E-state index in [4.69, 9.17) is 69.6 Å². The Morgan fingerprint density at radius 3 is 1.81 bits per heavy atom. The van der Waals surface area contributed by atoms with Crippen LogP contribution >= 0.6 is 69.6 Å². The van der Waals surface area contributed by atoms with E-state index in [0.29, 0.717) is 48.0 Å². The minimum Gasteiger partial charge on any atom is -0.392 e. The van der Waals surface area contributed by atoms with Crippen LogP contribution < -0.4 is 0 Å². The highest BCUT2D eigenvalue weighted by molar-refractivity contribution is 6.47. The van der Waals surface area contributed by atoms with Gasteiger partial charge < -0.3 is 5.11 Å². The van der Waals surface area contributed by atoms with Crippen LogP contribution in [0.25, 0.3) is 22.4 Å². The molecule has 3 rings (SSSR count). The number of rotatable bonds is 3. The smallest absolute Gasteiger partial charge is 0.0736 e. The highest BCUT2D eigenvalue weighted by atomic mass is 35.5. The van der Waals surface area contributed by atoms with Gasteiger partial charge in [0.25, 0.3) is 0 Å². The SMILES string of the molecule is OCc1cc(-c2c(Cl)ccc(Cl)c2Cl)ncc1-c1c(Cl)ccc(Cl)c1Cl. The van der Waals surface area contributed by atoms with Crippen LogP contribution in [0.4, 0.5) is 0 Å². The molecule has 2 aromatic carbocycles.